The Hall–Kier alpha value is -1.36. The van der Waals surface area contributed by atoms with Gasteiger partial charge in [-0.15, -0.1) is 0 Å². The van der Waals surface area contributed by atoms with Gasteiger partial charge in [-0.3, -0.25) is 9.69 Å². The van der Waals surface area contributed by atoms with Crippen molar-refractivity contribution in [1.29, 1.82) is 0 Å². The van der Waals surface area contributed by atoms with Crippen molar-refractivity contribution in [2.75, 3.05) is 13.1 Å². The minimum atomic E-state index is -0.705. The Labute approximate surface area is 155 Å². The number of carboxylic acid groups (broad SMARTS) is 1. The lowest BCUT2D eigenvalue weighted by Crippen LogP contribution is -2.41. The first kappa shape index (κ1) is 17.5. The molecule has 2 unspecified atom stereocenters. The third-order valence-corrected chi connectivity index (χ3v) is 5.26. The average molecular weight is 409 g/mol. The van der Waals surface area contributed by atoms with Gasteiger partial charge < -0.3 is 5.11 Å². The molecule has 1 aliphatic rings. The predicted molar refractivity (Wildman–Crippen MR) is 99.4 cm³/mol. The van der Waals surface area contributed by atoms with Crippen LogP contribution in [0.3, 0.4) is 0 Å². The Morgan fingerprint density at radius 1 is 1.21 bits per heavy atom. The van der Waals surface area contributed by atoms with E-state index in [4.69, 9.17) is 11.6 Å². The Balaban J connectivity index is 1.98. The number of carbonyl (C=O) groups is 1. The zero-order chi connectivity index (χ0) is 17.1. The molecule has 1 N–H and O–H groups in total. The molecule has 126 valence electrons. The van der Waals surface area contributed by atoms with Crippen molar-refractivity contribution >= 4 is 33.5 Å². The number of hydrogen-bond donors (Lipinski definition) is 1. The van der Waals surface area contributed by atoms with Crippen molar-refractivity contribution in [1.82, 2.24) is 4.90 Å². The lowest BCUT2D eigenvalue weighted by Gasteiger charge is -2.37. The summed E-state index contributed by atoms with van der Waals surface area (Å²) in [4.78, 5) is 13.7. The number of likely N-dealkylation sites (tertiary alicyclic amines) is 1. The predicted octanol–water partition coefficient (Wildman–Crippen LogP) is 4.99. The maximum atomic E-state index is 11.4. The SMILES string of the molecule is O=C(O)C1CCCN(C(c2ccc(Cl)cc2)c2cccc(Br)c2)C1. The molecule has 1 aliphatic heterocycles. The average Bonchev–Trinajstić information content (AvgIpc) is 2.57. The van der Waals surface area contributed by atoms with Gasteiger partial charge in [-0.05, 0) is 54.8 Å². The summed E-state index contributed by atoms with van der Waals surface area (Å²) in [5.41, 5.74) is 2.28. The van der Waals surface area contributed by atoms with Crippen molar-refractivity contribution < 1.29 is 9.90 Å². The van der Waals surface area contributed by atoms with Gasteiger partial charge in [0.2, 0.25) is 0 Å². The molecule has 2 aromatic carbocycles. The number of benzene rings is 2. The highest BCUT2D eigenvalue weighted by Crippen LogP contribution is 2.34. The molecule has 0 bridgehead atoms. The summed E-state index contributed by atoms with van der Waals surface area (Å²) in [5.74, 6) is -1.01. The van der Waals surface area contributed by atoms with Gasteiger partial charge in [-0.25, -0.2) is 0 Å². The molecule has 0 saturated carbocycles. The largest absolute Gasteiger partial charge is 0.481 e. The van der Waals surface area contributed by atoms with Crippen LogP contribution in [0.1, 0.15) is 30.0 Å². The van der Waals surface area contributed by atoms with E-state index in [1.54, 1.807) is 0 Å². The van der Waals surface area contributed by atoms with E-state index in [1.165, 1.54) is 0 Å². The fraction of sp³-hybridized carbons (Fsp3) is 0.316. The molecule has 0 spiro atoms. The summed E-state index contributed by atoms with van der Waals surface area (Å²) in [6.07, 6.45) is 1.65. The van der Waals surface area contributed by atoms with Gasteiger partial charge in [-0.2, -0.15) is 0 Å². The van der Waals surface area contributed by atoms with Gasteiger partial charge in [0.05, 0.1) is 12.0 Å². The maximum absolute atomic E-state index is 11.4. The molecule has 0 aromatic heterocycles. The molecule has 24 heavy (non-hydrogen) atoms. The molecule has 1 saturated heterocycles. The Bertz CT molecular complexity index is 720. The minimum absolute atomic E-state index is 0.0296. The second-order valence-corrected chi connectivity index (χ2v) is 7.53. The molecule has 3 rings (SSSR count). The first-order chi connectivity index (χ1) is 11.5. The Morgan fingerprint density at radius 2 is 1.96 bits per heavy atom. The fourth-order valence-electron chi connectivity index (χ4n) is 3.38. The van der Waals surface area contributed by atoms with Crippen molar-refractivity contribution in [3.8, 4) is 0 Å². The van der Waals surface area contributed by atoms with E-state index in [-0.39, 0.29) is 12.0 Å². The number of rotatable bonds is 4. The molecule has 1 heterocycles. The van der Waals surface area contributed by atoms with Crippen molar-refractivity contribution in [2.24, 2.45) is 5.92 Å². The lowest BCUT2D eigenvalue weighted by atomic mass is 9.91. The maximum Gasteiger partial charge on any atom is 0.307 e. The topological polar surface area (TPSA) is 40.5 Å². The van der Waals surface area contributed by atoms with Gasteiger partial charge in [0, 0.05) is 16.0 Å². The summed E-state index contributed by atoms with van der Waals surface area (Å²) in [6.45, 7) is 1.46. The standard InChI is InChI=1S/C19H19BrClNO2/c20-16-5-1-3-14(11-16)18(13-6-8-17(21)9-7-13)22-10-2-4-15(12-22)19(23)24/h1,3,5-9,11,15,18H,2,4,10,12H2,(H,23,24). The number of nitrogens with zero attached hydrogens (tertiary/aromatic N) is 1. The third-order valence-electron chi connectivity index (χ3n) is 4.52. The number of piperidine rings is 1. The second kappa shape index (κ2) is 7.68. The summed E-state index contributed by atoms with van der Waals surface area (Å²) in [6, 6.07) is 16.1. The monoisotopic (exact) mass is 407 g/mol. The molecule has 2 atom stereocenters. The van der Waals surface area contributed by atoms with Crippen LogP contribution < -0.4 is 0 Å². The summed E-state index contributed by atoms with van der Waals surface area (Å²) < 4.78 is 1.02. The zero-order valence-corrected chi connectivity index (χ0v) is 15.5. The Kier molecular flexibility index (Phi) is 5.59. The highest BCUT2D eigenvalue weighted by Gasteiger charge is 2.31. The smallest absolute Gasteiger partial charge is 0.307 e. The van der Waals surface area contributed by atoms with Gasteiger partial charge in [-0.1, -0.05) is 51.8 Å². The molecule has 0 aliphatic carbocycles. The fourth-order valence-corrected chi connectivity index (χ4v) is 3.92. The van der Waals surface area contributed by atoms with E-state index in [2.05, 4.69) is 33.0 Å². The normalized spacial score (nSPS) is 19.8. The molecule has 3 nitrogen and oxygen atoms in total. The van der Waals surface area contributed by atoms with Crippen LogP contribution in [-0.2, 0) is 4.79 Å². The quantitative estimate of drug-likeness (QED) is 0.775. The van der Waals surface area contributed by atoms with Gasteiger partial charge in [0.1, 0.15) is 0 Å². The van der Waals surface area contributed by atoms with Gasteiger partial charge >= 0.3 is 5.97 Å². The molecular formula is C19H19BrClNO2. The van der Waals surface area contributed by atoms with E-state index in [9.17, 15) is 9.90 Å². The van der Waals surface area contributed by atoms with Gasteiger partial charge in [0.25, 0.3) is 0 Å². The van der Waals surface area contributed by atoms with E-state index >= 15 is 0 Å². The minimum Gasteiger partial charge on any atom is -0.481 e. The number of carboxylic acids is 1. The van der Waals surface area contributed by atoms with Gasteiger partial charge in [0.15, 0.2) is 0 Å². The van der Waals surface area contributed by atoms with Crippen LogP contribution in [0.25, 0.3) is 0 Å². The van der Waals surface area contributed by atoms with Crippen LogP contribution in [0, 0.1) is 5.92 Å². The van der Waals surface area contributed by atoms with Crippen LogP contribution in [0.15, 0.2) is 53.0 Å². The molecular weight excluding hydrogens is 390 g/mol. The molecule has 5 heteroatoms. The van der Waals surface area contributed by atoms with Crippen molar-refractivity contribution in [2.45, 2.75) is 18.9 Å². The molecule has 0 radical (unpaired) electrons. The van der Waals surface area contributed by atoms with Crippen LogP contribution >= 0.6 is 27.5 Å². The molecule has 1 fully saturated rings. The number of aliphatic carboxylic acids is 1. The Morgan fingerprint density at radius 3 is 2.62 bits per heavy atom. The highest BCUT2D eigenvalue weighted by atomic mass is 79.9. The first-order valence-corrected chi connectivity index (χ1v) is 9.19. The van der Waals surface area contributed by atoms with Crippen LogP contribution in [-0.4, -0.2) is 29.1 Å². The van der Waals surface area contributed by atoms with E-state index in [0.717, 1.165) is 35.0 Å². The second-order valence-electron chi connectivity index (χ2n) is 6.18. The molecule has 2 aromatic rings. The number of hydrogen-bond acceptors (Lipinski definition) is 2. The lowest BCUT2D eigenvalue weighted by molar-refractivity contribution is -0.143. The van der Waals surface area contributed by atoms with E-state index in [0.29, 0.717) is 11.6 Å². The summed E-state index contributed by atoms with van der Waals surface area (Å²) in [5, 5.41) is 10.1. The van der Waals surface area contributed by atoms with Crippen LogP contribution in [0.4, 0.5) is 0 Å². The highest BCUT2D eigenvalue weighted by molar-refractivity contribution is 9.10. The van der Waals surface area contributed by atoms with Crippen molar-refractivity contribution in [3.05, 3.63) is 69.2 Å². The molecule has 0 amide bonds. The van der Waals surface area contributed by atoms with Crippen LogP contribution in [0.5, 0.6) is 0 Å². The zero-order valence-electron chi connectivity index (χ0n) is 13.2. The van der Waals surface area contributed by atoms with E-state index < -0.39 is 5.97 Å². The van der Waals surface area contributed by atoms with E-state index in [1.807, 2.05) is 36.4 Å². The van der Waals surface area contributed by atoms with Crippen molar-refractivity contribution in [3.63, 3.8) is 0 Å². The number of halogens is 2. The summed E-state index contributed by atoms with van der Waals surface area (Å²) >= 11 is 9.58. The summed E-state index contributed by atoms with van der Waals surface area (Å²) in [7, 11) is 0. The first-order valence-electron chi connectivity index (χ1n) is 8.02. The van der Waals surface area contributed by atoms with Crippen LogP contribution in [0.2, 0.25) is 5.02 Å². The third kappa shape index (κ3) is 4.00.